The lowest BCUT2D eigenvalue weighted by molar-refractivity contribution is -0.161. The van der Waals surface area contributed by atoms with Gasteiger partial charge >= 0.3 is 5.97 Å². The van der Waals surface area contributed by atoms with Crippen molar-refractivity contribution in [2.24, 2.45) is 11.8 Å². The van der Waals surface area contributed by atoms with Gasteiger partial charge in [0, 0.05) is 29.7 Å². The molecular weight excluding hydrogens is 665 g/mol. The number of nitrogens with zero attached hydrogens (tertiary/aromatic N) is 1. The molecule has 1 fully saturated rings. The zero-order chi connectivity index (χ0) is 35.4. The number of fused-ring (bicyclic) bond motifs is 1. The van der Waals surface area contributed by atoms with Gasteiger partial charge in [0.2, 0.25) is 5.91 Å². The van der Waals surface area contributed by atoms with E-state index in [2.05, 4.69) is 6.58 Å². The maximum absolute atomic E-state index is 14.6. The molecule has 2 aliphatic rings. The van der Waals surface area contributed by atoms with Crippen LogP contribution in [-0.2, 0) is 25.5 Å². The van der Waals surface area contributed by atoms with Gasteiger partial charge in [0.15, 0.2) is 5.78 Å². The van der Waals surface area contributed by atoms with Gasteiger partial charge in [-0.25, -0.2) is 4.79 Å². The fourth-order valence-corrected chi connectivity index (χ4v) is 12.5. The first-order chi connectivity index (χ1) is 24.2. The quantitative estimate of drug-likeness (QED) is 0.0674. The van der Waals surface area contributed by atoms with E-state index in [-0.39, 0.29) is 29.3 Å². The van der Waals surface area contributed by atoms with Crippen molar-refractivity contribution in [2.75, 3.05) is 12.4 Å². The third-order valence-electron chi connectivity index (χ3n) is 9.60. The predicted molar refractivity (Wildman–Crippen MR) is 201 cm³/mol. The number of ether oxygens (including phenoxy) is 1. The Bertz CT molecular complexity index is 1870. The van der Waals surface area contributed by atoms with E-state index in [1.165, 1.54) is 22.7 Å². The van der Waals surface area contributed by atoms with Crippen LogP contribution in [0.1, 0.15) is 36.2 Å². The summed E-state index contributed by atoms with van der Waals surface area (Å²) in [5, 5.41) is 13.5. The van der Waals surface area contributed by atoms with Gasteiger partial charge in [-0.3, -0.25) is 14.4 Å². The summed E-state index contributed by atoms with van der Waals surface area (Å²) in [6.07, 6.45) is 1.61. The molecule has 4 atom stereocenters. The van der Waals surface area contributed by atoms with E-state index in [0.717, 1.165) is 31.9 Å². The fourth-order valence-electron chi connectivity index (χ4n) is 7.17. The molecule has 1 saturated heterocycles. The van der Waals surface area contributed by atoms with Crippen molar-refractivity contribution in [3.8, 4) is 0 Å². The van der Waals surface area contributed by atoms with Crippen molar-refractivity contribution < 1.29 is 29.0 Å². The first-order valence-corrected chi connectivity index (χ1v) is 19.5. The molecule has 4 aromatic rings. The monoisotopic (exact) mass is 705 g/mol. The SMILES string of the molecule is C=CCOC(=O)C(N1C(=O)[C@H](C(C)O)[C@H]1[C@@H](C)C(=O)CSc1ccc2c(c1)CCC2=O)=P(c1ccccc1)(c1ccccc1)c1ccccc1. The number of rotatable bonds is 13. The van der Waals surface area contributed by atoms with Crippen LogP contribution in [0.4, 0.5) is 0 Å². The number of hydrogen-bond donors (Lipinski definition) is 1. The summed E-state index contributed by atoms with van der Waals surface area (Å²) in [5.41, 5.74) is 1.89. The van der Waals surface area contributed by atoms with Crippen LogP contribution in [0.15, 0.2) is 127 Å². The highest BCUT2D eigenvalue weighted by atomic mass is 32.2. The van der Waals surface area contributed by atoms with Crippen LogP contribution >= 0.6 is 18.6 Å². The normalized spacial score (nSPS) is 18.1. The number of carbonyl (C=O) groups excluding carboxylic acids is 4. The average Bonchev–Trinajstić information content (AvgIpc) is 3.51. The van der Waals surface area contributed by atoms with Gasteiger partial charge in [-0.05, 0) is 47.0 Å². The lowest BCUT2D eigenvalue weighted by Crippen LogP contribution is -2.71. The van der Waals surface area contributed by atoms with Crippen LogP contribution in [0.2, 0.25) is 0 Å². The third kappa shape index (κ3) is 6.44. The number of esters is 1. The Kier molecular flexibility index (Phi) is 10.7. The second-order valence-electron chi connectivity index (χ2n) is 12.6. The molecule has 7 nitrogen and oxygen atoms in total. The number of aliphatic hydroxyl groups is 1. The van der Waals surface area contributed by atoms with Gasteiger partial charge < -0.3 is 14.7 Å². The molecule has 50 heavy (non-hydrogen) atoms. The number of benzene rings is 4. The number of carbonyl (C=O) groups is 4. The molecule has 4 aromatic carbocycles. The number of β-lactam (4-membered cyclic amide) rings is 1. The molecule has 1 aliphatic heterocycles. The van der Waals surface area contributed by atoms with Crippen molar-refractivity contribution in [1.82, 2.24) is 4.90 Å². The summed E-state index contributed by atoms with van der Waals surface area (Å²) < 4.78 is 5.83. The second-order valence-corrected chi connectivity index (χ2v) is 17.0. The van der Waals surface area contributed by atoms with Gasteiger partial charge in [-0.2, -0.15) is 0 Å². The Labute approximate surface area is 297 Å². The van der Waals surface area contributed by atoms with Crippen LogP contribution < -0.4 is 15.9 Å². The first-order valence-electron chi connectivity index (χ1n) is 16.7. The van der Waals surface area contributed by atoms with Crippen LogP contribution in [0.3, 0.4) is 0 Å². The van der Waals surface area contributed by atoms with Crippen LogP contribution in [0.25, 0.3) is 0 Å². The lowest BCUT2D eigenvalue weighted by atomic mass is 9.75. The summed E-state index contributed by atoms with van der Waals surface area (Å²) in [6, 6.07) is 33.8. The van der Waals surface area contributed by atoms with Gasteiger partial charge in [-0.15, -0.1) is 11.8 Å². The van der Waals surface area contributed by atoms with Gasteiger partial charge in [0.1, 0.15) is 17.8 Å². The molecule has 0 saturated carbocycles. The molecule has 1 heterocycles. The lowest BCUT2D eigenvalue weighted by Gasteiger charge is -2.52. The number of aryl methyl sites for hydroxylation is 1. The zero-order valence-corrected chi connectivity index (χ0v) is 29.8. The second kappa shape index (κ2) is 15.2. The molecule has 0 radical (unpaired) electrons. The van der Waals surface area contributed by atoms with E-state index in [4.69, 9.17) is 4.74 Å². The highest BCUT2D eigenvalue weighted by Gasteiger charge is 2.58. The predicted octanol–water partition coefficient (Wildman–Crippen LogP) is 5.17. The molecule has 256 valence electrons. The first kappa shape index (κ1) is 35.3. The van der Waals surface area contributed by atoms with Crippen LogP contribution in [0.5, 0.6) is 0 Å². The summed E-state index contributed by atoms with van der Waals surface area (Å²) >= 11 is 1.38. The Morgan fingerprint density at radius 1 is 0.900 bits per heavy atom. The summed E-state index contributed by atoms with van der Waals surface area (Å²) in [4.78, 5) is 57.6. The van der Waals surface area contributed by atoms with Crippen molar-refractivity contribution in [1.29, 1.82) is 0 Å². The van der Waals surface area contributed by atoms with Crippen molar-refractivity contribution in [3.05, 3.63) is 133 Å². The molecule has 1 aliphatic carbocycles. The molecule has 0 bridgehead atoms. The average molecular weight is 706 g/mol. The van der Waals surface area contributed by atoms with Crippen LogP contribution in [-0.4, -0.2) is 63.4 Å². The summed E-state index contributed by atoms with van der Waals surface area (Å²) in [6.45, 7) is 3.81. The van der Waals surface area contributed by atoms with E-state index in [1.807, 2.05) is 109 Å². The van der Waals surface area contributed by atoms with Crippen molar-refractivity contribution in [3.63, 3.8) is 0 Å². The minimum absolute atomic E-state index is 0.0786. The summed E-state index contributed by atoms with van der Waals surface area (Å²) in [7, 11) is 0. The Morgan fingerprint density at radius 2 is 1.46 bits per heavy atom. The Morgan fingerprint density at radius 3 is 1.98 bits per heavy atom. The number of likely N-dealkylation sites (tertiary alicyclic amines) is 1. The Hall–Kier alpha value is -4.49. The zero-order valence-electron chi connectivity index (χ0n) is 28.1. The van der Waals surface area contributed by atoms with E-state index in [0.29, 0.717) is 12.8 Å². The van der Waals surface area contributed by atoms with Crippen LogP contribution in [0, 0.1) is 11.8 Å². The minimum atomic E-state index is -3.17. The fraction of sp³-hybridized carbons (Fsp3) is 0.244. The minimum Gasteiger partial charge on any atom is -0.457 e. The summed E-state index contributed by atoms with van der Waals surface area (Å²) in [5.74, 6) is -2.62. The largest absolute Gasteiger partial charge is 0.457 e. The molecule has 1 amide bonds. The smallest absolute Gasteiger partial charge is 0.356 e. The number of ketones is 2. The van der Waals surface area contributed by atoms with E-state index < -0.39 is 42.7 Å². The molecule has 0 aromatic heterocycles. The van der Waals surface area contributed by atoms with Crippen molar-refractivity contribution >= 4 is 63.4 Å². The van der Waals surface area contributed by atoms with Gasteiger partial charge in [-0.1, -0.05) is 117 Å². The number of hydrogen-bond acceptors (Lipinski definition) is 7. The highest BCUT2D eigenvalue weighted by molar-refractivity contribution is 8.00. The molecule has 1 N–H and O–H groups in total. The number of thioether (sulfide) groups is 1. The maximum atomic E-state index is 14.6. The van der Waals surface area contributed by atoms with Crippen molar-refractivity contribution in [2.45, 2.75) is 43.7 Å². The topological polar surface area (TPSA) is 101 Å². The van der Waals surface area contributed by atoms with Gasteiger partial charge in [0.05, 0.1) is 23.8 Å². The van der Waals surface area contributed by atoms with E-state index >= 15 is 0 Å². The molecule has 9 heteroatoms. The standard InChI is InChI=1S/C41H40NO6PS/c1-4-24-48-41(47)40(49(30-14-8-5-9-15-30,31-16-10-6-11-17-31)32-18-12-7-13-19-32)42-38(37(28(3)43)39(42)46)27(2)36(45)26-50-33-21-22-34-29(25-33)20-23-35(34)44/h4-19,21-22,25,27-28,37-38,43H,1,20,23-24,26H2,2-3H3/t27-,28?,37+,38+/m0/s1. The molecule has 6 rings (SSSR count). The molecule has 1 unspecified atom stereocenters. The van der Waals surface area contributed by atoms with Gasteiger partial charge in [0.25, 0.3) is 0 Å². The maximum Gasteiger partial charge on any atom is 0.356 e. The molecule has 0 spiro atoms. The number of aliphatic hydroxyl groups excluding tert-OH is 1. The third-order valence-corrected chi connectivity index (χ3v) is 14.9. The number of amides is 1. The number of Topliss-reactive ketones (excluding diaryl/α,β-unsaturated/α-hetero) is 2. The Balaban J connectivity index is 1.52. The van der Waals surface area contributed by atoms with E-state index in [1.54, 1.807) is 13.8 Å². The van der Waals surface area contributed by atoms with E-state index in [9.17, 15) is 24.3 Å². The molecular formula is C41H40NO6PS. The highest BCUT2D eigenvalue weighted by Crippen LogP contribution is 2.50.